The summed E-state index contributed by atoms with van der Waals surface area (Å²) in [7, 11) is 1.56. The van der Waals surface area contributed by atoms with Crippen LogP contribution in [-0.4, -0.2) is 47.3 Å². The number of aliphatic imine (C=N–C) groups is 1. The molecule has 194 valence electrons. The number of aryl methyl sites for hydroxylation is 2. The monoisotopic (exact) mass is 546 g/mol. The van der Waals surface area contributed by atoms with Crippen molar-refractivity contribution in [1.29, 1.82) is 5.41 Å². The van der Waals surface area contributed by atoms with E-state index < -0.39 is 5.91 Å². The zero-order valence-electron chi connectivity index (χ0n) is 21.2. The zero-order chi connectivity index (χ0) is 26.6. The van der Waals surface area contributed by atoms with Crippen molar-refractivity contribution in [2.24, 2.45) is 10.1 Å². The highest BCUT2D eigenvalue weighted by molar-refractivity contribution is 8.27. The number of amides is 1. The number of nitrogens with one attached hydrogen (secondary N) is 1. The van der Waals surface area contributed by atoms with E-state index in [9.17, 15) is 4.79 Å². The number of nitrogens with zero attached hydrogens (tertiary/aromatic N) is 3. The Morgan fingerprint density at radius 1 is 1.03 bits per heavy atom. The topological polar surface area (TPSA) is 96.6 Å². The summed E-state index contributed by atoms with van der Waals surface area (Å²) in [6.07, 6.45) is 2.33. The van der Waals surface area contributed by atoms with Gasteiger partial charge in [0.15, 0.2) is 17.3 Å². The van der Waals surface area contributed by atoms with Crippen LogP contribution in [0.3, 0.4) is 0 Å². The van der Waals surface area contributed by atoms with Crippen LogP contribution in [0.25, 0.3) is 6.08 Å². The lowest BCUT2D eigenvalue weighted by Crippen LogP contribution is -2.35. The predicted octanol–water partition coefficient (Wildman–Crippen LogP) is 5.89. The Labute approximate surface area is 229 Å². The molecule has 0 radical (unpaired) electrons. The van der Waals surface area contributed by atoms with Gasteiger partial charge in [0.05, 0.1) is 30.8 Å². The maximum absolute atomic E-state index is 12.8. The number of fused-ring (bicyclic) bond motifs is 1. The largest absolute Gasteiger partial charge is 0.493 e. The number of benzene rings is 2. The highest BCUT2D eigenvalue weighted by Gasteiger charge is 2.36. The van der Waals surface area contributed by atoms with Crippen molar-refractivity contribution in [3.05, 3.63) is 81.1 Å². The number of hydrogen-bond donors (Lipinski definition) is 1. The number of hydrogen-bond acceptors (Lipinski definition) is 8. The van der Waals surface area contributed by atoms with Crippen molar-refractivity contribution in [2.75, 3.05) is 20.3 Å². The van der Waals surface area contributed by atoms with Crippen LogP contribution in [0, 0.1) is 19.3 Å². The van der Waals surface area contributed by atoms with Crippen LogP contribution >= 0.6 is 23.1 Å². The Bertz CT molecular complexity index is 1460. The Kier molecular flexibility index (Phi) is 7.62. The standard InChI is InChI=1S/C28H26N4O4S2/c1-17-12-18(2)14-20(13-17)35-9-5-10-36-22-8-7-19(16-23(22)34-3)15-21-25(29)32-28(30-26(21)33)38-27(31-32)24-6-4-11-37-24/h4,6-8,11-16,29H,5,9-10H2,1-3H3. The van der Waals surface area contributed by atoms with Gasteiger partial charge in [-0.05, 0) is 84.1 Å². The quantitative estimate of drug-likeness (QED) is 0.266. The van der Waals surface area contributed by atoms with E-state index in [4.69, 9.17) is 19.6 Å². The van der Waals surface area contributed by atoms with Gasteiger partial charge in [0.25, 0.3) is 5.91 Å². The van der Waals surface area contributed by atoms with Crippen molar-refractivity contribution < 1.29 is 19.0 Å². The van der Waals surface area contributed by atoms with E-state index in [1.54, 1.807) is 36.7 Å². The number of carbonyl (C=O) groups excluding carboxylic acids is 1. The van der Waals surface area contributed by atoms with Crippen LogP contribution < -0.4 is 14.2 Å². The summed E-state index contributed by atoms with van der Waals surface area (Å²) in [5, 5.41) is 17.6. The van der Waals surface area contributed by atoms with Gasteiger partial charge in [0.2, 0.25) is 5.17 Å². The Morgan fingerprint density at radius 3 is 2.55 bits per heavy atom. The van der Waals surface area contributed by atoms with E-state index in [2.05, 4.69) is 16.2 Å². The van der Waals surface area contributed by atoms with Crippen molar-refractivity contribution >= 4 is 51.1 Å². The Hall–Kier alpha value is -3.89. The molecule has 0 fully saturated rings. The summed E-state index contributed by atoms with van der Waals surface area (Å²) in [5.41, 5.74) is 3.19. The summed E-state index contributed by atoms with van der Waals surface area (Å²) in [4.78, 5) is 17.9. The van der Waals surface area contributed by atoms with Crippen LogP contribution in [0.5, 0.6) is 17.2 Å². The fourth-order valence-corrected chi connectivity index (χ4v) is 5.68. The average Bonchev–Trinajstić information content (AvgIpc) is 3.56. The lowest BCUT2D eigenvalue weighted by molar-refractivity contribution is -0.114. The van der Waals surface area contributed by atoms with Gasteiger partial charge in [-0.1, -0.05) is 18.2 Å². The van der Waals surface area contributed by atoms with E-state index in [0.29, 0.717) is 41.9 Å². The zero-order valence-corrected chi connectivity index (χ0v) is 22.8. The van der Waals surface area contributed by atoms with Crippen molar-refractivity contribution in [1.82, 2.24) is 5.01 Å². The smallest absolute Gasteiger partial charge is 0.283 e. The maximum Gasteiger partial charge on any atom is 0.283 e. The molecule has 3 aromatic rings. The summed E-state index contributed by atoms with van der Waals surface area (Å²) in [6, 6.07) is 15.4. The van der Waals surface area contributed by atoms with Crippen molar-refractivity contribution in [2.45, 2.75) is 20.3 Å². The van der Waals surface area contributed by atoms with Gasteiger partial charge >= 0.3 is 0 Å². The molecule has 5 rings (SSSR count). The fourth-order valence-electron chi connectivity index (χ4n) is 4.00. The van der Waals surface area contributed by atoms with E-state index in [0.717, 1.165) is 15.7 Å². The average molecular weight is 547 g/mol. The molecule has 2 aromatic carbocycles. The third-order valence-electron chi connectivity index (χ3n) is 5.70. The SMILES string of the molecule is COc1cc(C=C2C(=N)N3N=C(c4cccs4)SC3=NC2=O)ccc1OCCCOc1cc(C)cc(C)c1. The molecule has 0 atom stereocenters. The first kappa shape index (κ1) is 25.7. The first-order valence-corrected chi connectivity index (χ1v) is 13.7. The summed E-state index contributed by atoms with van der Waals surface area (Å²) >= 11 is 2.84. The number of carbonyl (C=O) groups is 1. The summed E-state index contributed by atoms with van der Waals surface area (Å²) in [5.74, 6) is 1.50. The van der Waals surface area contributed by atoms with Crippen LogP contribution in [0.15, 0.2) is 69.6 Å². The third kappa shape index (κ3) is 5.66. The van der Waals surface area contributed by atoms with Crippen LogP contribution in [0.1, 0.15) is 28.0 Å². The second kappa shape index (κ2) is 11.2. The van der Waals surface area contributed by atoms with Gasteiger partial charge in [-0.3, -0.25) is 10.2 Å². The normalized spacial score (nSPS) is 15.9. The molecule has 2 aliphatic heterocycles. The molecule has 1 amide bonds. The number of hydrazone groups is 1. The molecule has 0 spiro atoms. The molecule has 8 nitrogen and oxygen atoms in total. The minimum Gasteiger partial charge on any atom is -0.493 e. The highest BCUT2D eigenvalue weighted by Crippen LogP contribution is 2.33. The maximum atomic E-state index is 12.8. The van der Waals surface area contributed by atoms with Crippen molar-refractivity contribution in [3.8, 4) is 17.2 Å². The molecule has 0 saturated heterocycles. The van der Waals surface area contributed by atoms with Gasteiger partial charge in [-0.15, -0.1) is 11.3 Å². The van der Waals surface area contributed by atoms with E-state index >= 15 is 0 Å². The van der Waals surface area contributed by atoms with Gasteiger partial charge in [-0.25, -0.2) is 0 Å². The lowest BCUT2D eigenvalue weighted by atomic mass is 10.1. The lowest BCUT2D eigenvalue weighted by Gasteiger charge is -2.20. The molecular weight excluding hydrogens is 520 g/mol. The first-order valence-electron chi connectivity index (χ1n) is 12.0. The molecule has 1 aromatic heterocycles. The number of amidine groups is 2. The molecule has 0 bridgehead atoms. The highest BCUT2D eigenvalue weighted by atomic mass is 32.2. The van der Waals surface area contributed by atoms with Gasteiger partial charge in [-0.2, -0.15) is 15.1 Å². The molecule has 0 unspecified atom stereocenters. The van der Waals surface area contributed by atoms with Crippen LogP contribution in [-0.2, 0) is 4.79 Å². The molecule has 1 N–H and O–H groups in total. The first-order chi connectivity index (χ1) is 18.4. The number of rotatable bonds is 9. The number of thioether (sulfide) groups is 1. The van der Waals surface area contributed by atoms with Crippen LogP contribution in [0.4, 0.5) is 0 Å². The van der Waals surface area contributed by atoms with Crippen molar-refractivity contribution in [3.63, 3.8) is 0 Å². The number of methoxy groups -OCH3 is 1. The second-order valence-corrected chi connectivity index (χ2v) is 10.6. The van der Waals surface area contributed by atoms with Gasteiger partial charge in [0.1, 0.15) is 10.8 Å². The minimum atomic E-state index is -0.473. The molecule has 3 heterocycles. The molecule has 38 heavy (non-hydrogen) atoms. The Balaban J connectivity index is 1.23. The van der Waals surface area contributed by atoms with E-state index in [1.807, 2.05) is 49.6 Å². The molecule has 0 saturated carbocycles. The molecule has 10 heteroatoms. The molecular formula is C28H26N4O4S2. The van der Waals surface area contributed by atoms with Gasteiger partial charge < -0.3 is 14.2 Å². The second-order valence-electron chi connectivity index (χ2n) is 8.69. The summed E-state index contributed by atoms with van der Waals surface area (Å²) < 4.78 is 17.3. The number of thiophene rings is 1. The van der Waals surface area contributed by atoms with E-state index in [-0.39, 0.29) is 11.4 Å². The molecule has 2 aliphatic rings. The Morgan fingerprint density at radius 2 is 1.82 bits per heavy atom. The van der Waals surface area contributed by atoms with E-state index in [1.165, 1.54) is 27.9 Å². The van der Waals surface area contributed by atoms with Gasteiger partial charge in [0, 0.05) is 6.42 Å². The predicted molar refractivity (Wildman–Crippen MR) is 153 cm³/mol. The summed E-state index contributed by atoms with van der Waals surface area (Å²) in [6.45, 7) is 5.09. The number of ether oxygens (including phenoxy) is 3. The fraction of sp³-hybridized carbons (Fsp3) is 0.214. The third-order valence-corrected chi connectivity index (χ3v) is 7.64. The minimum absolute atomic E-state index is 0.0119. The molecule has 0 aliphatic carbocycles. The van der Waals surface area contributed by atoms with Crippen LogP contribution in [0.2, 0.25) is 0 Å².